The van der Waals surface area contributed by atoms with Gasteiger partial charge in [0.15, 0.2) is 0 Å². The molecule has 5 heteroatoms. The third-order valence-electron chi connectivity index (χ3n) is 3.85. The minimum Gasteiger partial charge on any atom is -0.480 e. The molecule has 4 nitrogen and oxygen atoms in total. The molecule has 2 fully saturated rings. The molecule has 0 aromatic rings. The lowest BCUT2D eigenvalue weighted by Gasteiger charge is -2.40. The van der Waals surface area contributed by atoms with Crippen LogP contribution in [0.5, 0.6) is 0 Å². The van der Waals surface area contributed by atoms with E-state index < -0.39 is 5.97 Å². The first-order valence-corrected chi connectivity index (χ1v) is 7.50. The molecule has 2 saturated heterocycles. The van der Waals surface area contributed by atoms with Crippen molar-refractivity contribution in [1.29, 1.82) is 0 Å². The molecule has 17 heavy (non-hydrogen) atoms. The second kappa shape index (κ2) is 5.59. The van der Waals surface area contributed by atoms with Gasteiger partial charge < -0.3 is 10.0 Å². The van der Waals surface area contributed by atoms with Crippen molar-refractivity contribution in [3.63, 3.8) is 0 Å². The molecule has 0 saturated carbocycles. The third-order valence-corrected chi connectivity index (χ3v) is 5.37. The quantitative estimate of drug-likeness (QED) is 0.783. The number of nitrogens with one attached hydrogen (secondary N) is 1. The summed E-state index contributed by atoms with van der Waals surface area (Å²) in [6.07, 6.45) is 4.08. The number of thioether (sulfide) groups is 1. The van der Waals surface area contributed by atoms with Crippen LogP contribution < -0.4 is 5.32 Å². The molecule has 98 valence electrons. The molecule has 2 aliphatic heterocycles. The second-order valence-corrected chi connectivity index (χ2v) is 6.43. The average Bonchev–Trinajstić information content (AvgIpc) is 2.52. The fourth-order valence-electron chi connectivity index (χ4n) is 2.76. The second-order valence-electron chi connectivity index (χ2n) is 4.95. The molecule has 1 spiro atoms. The van der Waals surface area contributed by atoms with Crippen molar-refractivity contribution in [2.24, 2.45) is 0 Å². The summed E-state index contributed by atoms with van der Waals surface area (Å²) in [5.41, 5.74) is 0. The summed E-state index contributed by atoms with van der Waals surface area (Å²) < 4.78 is 0. The number of likely N-dealkylation sites (tertiary alicyclic amines) is 1. The SMILES string of the molecule is CCN1CCCC2(CC1)NC(C(=O)O)CCS2. The first-order chi connectivity index (χ1) is 8.15. The van der Waals surface area contributed by atoms with Crippen molar-refractivity contribution in [3.05, 3.63) is 0 Å². The summed E-state index contributed by atoms with van der Waals surface area (Å²) in [6.45, 7) is 5.53. The molecular formula is C12H22N2O2S. The fraction of sp³-hybridized carbons (Fsp3) is 0.917. The van der Waals surface area contributed by atoms with Crippen LogP contribution in [-0.4, -0.2) is 52.3 Å². The van der Waals surface area contributed by atoms with Gasteiger partial charge in [0.05, 0.1) is 4.87 Å². The molecular weight excluding hydrogens is 236 g/mol. The minimum absolute atomic E-state index is 0.0191. The van der Waals surface area contributed by atoms with E-state index in [0.717, 1.165) is 44.6 Å². The van der Waals surface area contributed by atoms with Crippen LogP contribution >= 0.6 is 11.8 Å². The Morgan fingerprint density at radius 3 is 3.06 bits per heavy atom. The molecule has 0 radical (unpaired) electrons. The van der Waals surface area contributed by atoms with Gasteiger partial charge >= 0.3 is 5.97 Å². The van der Waals surface area contributed by atoms with Gasteiger partial charge in [-0.3, -0.25) is 10.1 Å². The molecule has 0 aromatic carbocycles. The van der Waals surface area contributed by atoms with Crippen molar-refractivity contribution in [2.45, 2.75) is 43.5 Å². The first kappa shape index (κ1) is 13.2. The standard InChI is InChI=1S/C12H22N2O2S/c1-2-14-7-3-5-12(6-8-14)13-10(11(15)16)4-9-17-12/h10,13H,2-9H2,1H3,(H,15,16). The first-order valence-electron chi connectivity index (χ1n) is 6.52. The zero-order valence-electron chi connectivity index (χ0n) is 10.4. The van der Waals surface area contributed by atoms with Gasteiger partial charge in [0, 0.05) is 6.54 Å². The molecule has 0 bridgehead atoms. The number of hydrogen-bond donors (Lipinski definition) is 2. The predicted molar refractivity (Wildman–Crippen MR) is 70.3 cm³/mol. The Balaban J connectivity index is 2.00. The smallest absolute Gasteiger partial charge is 0.320 e. The highest BCUT2D eigenvalue weighted by Gasteiger charge is 2.39. The van der Waals surface area contributed by atoms with Crippen LogP contribution in [-0.2, 0) is 4.79 Å². The van der Waals surface area contributed by atoms with Crippen molar-refractivity contribution in [1.82, 2.24) is 10.2 Å². The number of nitrogens with zero attached hydrogens (tertiary/aromatic N) is 1. The summed E-state index contributed by atoms with van der Waals surface area (Å²) in [5.74, 6) is 0.275. The number of carboxylic acids is 1. The van der Waals surface area contributed by atoms with E-state index >= 15 is 0 Å². The lowest BCUT2D eigenvalue weighted by Crippen LogP contribution is -2.55. The molecule has 2 N–H and O–H groups in total. The topological polar surface area (TPSA) is 52.6 Å². The van der Waals surface area contributed by atoms with Crippen LogP contribution in [0.15, 0.2) is 0 Å². The van der Waals surface area contributed by atoms with Gasteiger partial charge in [0.2, 0.25) is 0 Å². The molecule has 2 rings (SSSR count). The summed E-state index contributed by atoms with van der Waals surface area (Å²) in [6, 6.07) is -0.343. The van der Waals surface area contributed by atoms with Crippen LogP contribution in [0.3, 0.4) is 0 Å². The van der Waals surface area contributed by atoms with Crippen LogP contribution in [0.4, 0.5) is 0 Å². The van der Waals surface area contributed by atoms with Crippen molar-refractivity contribution >= 4 is 17.7 Å². The van der Waals surface area contributed by atoms with Gasteiger partial charge in [-0.15, -0.1) is 11.8 Å². The Morgan fingerprint density at radius 2 is 2.35 bits per heavy atom. The zero-order chi connectivity index (χ0) is 12.3. The maximum Gasteiger partial charge on any atom is 0.320 e. The van der Waals surface area contributed by atoms with Gasteiger partial charge in [0.1, 0.15) is 6.04 Å². The average molecular weight is 258 g/mol. The summed E-state index contributed by atoms with van der Waals surface area (Å²) in [4.78, 5) is 13.6. The Bertz CT molecular complexity index is 288. The summed E-state index contributed by atoms with van der Waals surface area (Å²) in [7, 11) is 0. The number of hydrogen-bond acceptors (Lipinski definition) is 4. The van der Waals surface area contributed by atoms with E-state index in [9.17, 15) is 4.79 Å². The number of carbonyl (C=O) groups is 1. The van der Waals surface area contributed by atoms with Gasteiger partial charge in [-0.05, 0) is 44.5 Å². The minimum atomic E-state index is -0.693. The van der Waals surface area contributed by atoms with E-state index in [0.29, 0.717) is 0 Å². The molecule has 0 aliphatic carbocycles. The van der Waals surface area contributed by atoms with Gasteiger partial charge in [0.25, 0.3) is 0 Å². The van der Waals surface area contributed by atoms with Crippen LogP contribution in [0.25, 0.3) is 0 Å². The number of carboxylic acid groups (broad SMARTS) is 1. The maximum absolute atomic E-state index is 11.1. The van der Waals surface area contributed by atoms with Crippen molar-refractivity contribution in [3.8, 4) is 0 Å². The lowest BCUT2D eigenvalue weighted by atomic mass is 10.1. The summed E-state index contributed by atoms with van der Waals surface area (Å²) in [5, 5.41) is 12.5. The van der Waals surface area contributed by atoms with Crippen molar-refractivity contribution < 1.29 is 9.90 Å². The van der Waals surface area contributed by atoms with E-state index in [1.54, 1.807) is 0 Å². The Morgan fingerprint density at radius 1 is 1.53 bits per heavy atom. The lowest BCUT2D eigenvalue weighted by molar-refractivity contribution is -0.140. The molecule has 2 heterocycles. The monoisotopic (exact) mass is 258 g/mol. The Hall–Kier alpha value is -0.260. The normalized spacial score (nSPS) is 35.7. The molecule has 0 aromatic heterocycles. The highest BCUT2D eigenvalue weighted by atomic mass is 32.2. The molecule has 2 atom stereocenters. The largest absolute Gasteiger partial charge is 0.480 e. The Kier molecular flexibility index (Phi) is 4.33. The fourth-order valence-corrected chi connectivity index (χ4v) is 4.25. The van der Waals surface area contributed by atoms with E-state index in [2.05, 4.69) is 17.1 Å². The van der Waals surface area contributed by atoms with E-state index in [4.69, 9.17) is 5.11 Å². The predicted octanol–water partition coefficient (Wildman–Crippen LogP) is 1.37. The molecule has 2 aliphatic rings. The van der Waals surface area contributed by atoms with Crippen molar-refractivity contribution in [2.75, 3.05) is 25.4 Å². The van der Waals surface area contributed by atoms with Crippen LogP contribution in [0.1, 0.15) is 32.6 Å². The van der Waals surface area contributed by atoms with E-state index in [1.807, 2.05) is 11.8 Å². The summed E-state index contributed by atoms with van der Waals surface area (Å²) >= 11 is 1.93. The molecule has 2 unspecified atom stereocenters. The molecule has 0 amide bonds. The van der Waals surface area contributed by atoms with Gasteiger partial charge in [-0.1, -0.05) is 6.92 Å². The van der Waals surface area contributed by atoms with Crippen LogP contribution in [0.2, 0.25) is 0 Å². The third kappa shape index (κ3) is 3.14. The maximum atomic E-state index is 11.1. The zero-order valence-corrected chi connectivity index (χ0v) is 11.3. The number of aliphatic carboxylic acids is 1. The number of rotatable bonds is 2. The van der Waals surface area contributed by atoms with Gasteiger partial charge in [-0.2, -0.15) is 0 Å². The van der Waals surface area contributed by atoms with Gasteiger partial charge in [-0.25, -0.2) is 0 Å². The van der Waals surface area contributed by atoms with Crippen LogP contribution in [0, 0.1) is 0 Å². The highest BCUT2D eigenvalue weighted by Crippen LogP contribution is 2.37. The van der Waals surface area contributed by atoms with E-state index in [1.165, 1.54) is 6.42 Å². The highest BCUT2D eigenvalue weighted by molar-refractivity contribution is 8.00. The van der Waals surface area contributed by atoms with E-state index in [-0.39, 0.29) is 10.9 Å². The Labute approximate surface area is 107 Å².